The molecule has 30 heavy (non-hydrogen) atoms. The van der Waals surface area contributed by atoms with Crippen molar-refractivity contribution in [1.29, 1.82) is 0 Å². The van der Waals surface area contributed by atoms with Crippen molar-refractivity contribution in [3.63, 3.8) is 0 Å². The van der Waals surface area contributed by atoms with Crippen LogP contribution in [0.3, 0.4) is 0 Å². The van der Waals surface area contributed by atoms with E-state index in [4.69, 9.17) is 0 Å². The second-order valence-corrected chi connectivity index (χ2v) is 8.23. The van der Waals surface area contributed by atoms with Gasteiger partial charge in [0, 0.05) is 22.1 Å². The van der Waals surface area contributed by atoms with Crippen LogP contribution in [0.5, 0.6) is 0 Å². The average molecular weight is 458 g/mol. The maximum Gasteiger partial charge on any atom is 0.322 e. The normalized spacial score (nSPS) is 15.1. The van der Waals surface area contributed by atoms with Gasteiger partial charge in [0.05, 0.1) is 18.3 Å². The van der Waals surface area contributed by atoms with Gasteiger partial charge in [-0.25, -0.2) is 4.79 Å². The molecule has 5 rings (SSSR count). The molecule has 0 spiro atoms. The summed E-state index contributed by atoms with van der Waals surface area (Å²) in [7, 11) is 0. The summed E-state index contributed by atoms with van der Waals surface area (Å²) in [5.74, 6) is 0. The molecule has 0 bridgehead atoms. The smallest absolute Gasteiger partial charge is 0.318 e. The van der Waals surface area contributed by atoms with Crippen LogP contribution in [-0.4, -0.2) is 15.5 Å². The molecular formula is C25H20BrN3O. The first-order valence-corrected chi connectivity index (χ1v) is 10.6. The highest BCUT2D eigenvalue weighted by Crippen LogP contribution is 2.36. The Balaban J connectivity index is 1.62. The van der Waals surface area contributed by atoms with Crippen molar-refractivity contribution < 1.29 is 4.79 Å². The Labute approximate surface area is 183 Å². The van der Waals surface area contributed by atoms with Gasteiger partial charge in [0.25, 0.3) is 0 Å². The number of nitrogens with zero attached hydrogens (tertiary/aromatic N) is 2. The molecule has 1 atom stereocenters. The number of rotatable bonds is 2. The van der Waals surface area contributed by atoms with Crippen LogP contribution < -0.4 is 5.32 Å². The molecule has 1 N–H and O–H groups in total. The third-order valence-electron chi connectivity index (χ3n) is 5.44. The third-order valence-corrected chi connectivity index (χ3v) is 5.96. The largest absolute Gasteiger partial charge is 0.322 e. The zero-order valence-corrected chi connectivity index (χ0v) is 17.8. The fourth-order valence-electron chi connectivity index (χ4n) is 4.05. The number of urea groups is 1. The standard InChI is InChI=1S/C25H20BrN3O/c26-20-12-14-21(15-13-20)27-25(30)29-17-19-9-4-5-10-22(19)28-16-6-11-23(28)24(29)18-7-2-1-3-8-18/h1-16,24H,17H2,(H,27,30). The molecule has 0 radical (unpaired) electrons. The summed E-state index contributed by atoms with van der Waals surface area (Å²) in [6.07, 6.45) is 2.07. The van der Waals surface area contributed by atoms with Crippen molar-refractivity contribution in [2.24, 2.45) is 0 Å². The van der Waals surface area contributed by atoms with Crippen LogP contribution in [0, 0.1) is 0 Å². The first-order chi connectivity index (χ1) is 14.7. The van der Waals surface area contributed by atoms with E-state index in [0.717, 1.165) is 32.7 Å². The first kappa shape index (κ1) is 18.7. The van der Waals surface area contributed by atoms with Gasteiger partial charge in [-0.3, -0.25) is 0 Å². The van der Waals surface area contributed by atoms with Crippen LogP contribution in [0.4, 0.5) is 10.5 Å². The summed E-state index contributed by atoms with van der Waals surface area (Å²) in [4.78, 5) is 15.4. The number of anilines is 1. The molecule has 3 aromatic carbocycles. The monoisotopic (exact) mass is 457 g/mol. The Kier molecular flexibility index (Phi) is 4.89. The first-order valence-electron chi connectivity index (χ1n) is 9.84. The summed E-state index contributed by atoms with van der Waals surface area (Å²) >= 11 is 3.44. The molecule has 2 amide bonds. The summed E-state index contributed by atoms with van der Waals surface area (Å²) in [6.45, 7) is 0.514. The zero-order chi connectivity index (χ0) is 20.5. The lowest BCUT2D eigenvalue weighted by Gasteiger charge is -2.31. The number of carbonyl (C=O) groups is 1. The van der Waals surface area contributed by atoms with E-state index in [9.17, 15) is 4.79 Å². The van der Waals surface area contributed by atoms with Crippen molar-refractivity contribution in [2.75, 3.05) is 5.32 Å². The minimum atomic E-state index is -0.205. The number of nitrogens with one attached hydrogen (secondary N) is 1. The van der Waals surface area contributed by atoms with Gasteiger partial charge >= 0.3 is 6.03 Å². The van der Waals surface area contributed by atoms with E-state index in [1.165, 1.54) is 0 Å². The van der Waals surface area contributed by atoms with Crippen molar-refractivity contribution >= 4 is 27.6 Å². The number of benzene rings is 3. The quantitative estimate of drug-likeness (QED) is 0.372. The average Bonchev–Trinajstić information content (AvgIpc) is 3.20. The van der Waals surface area contributed by atoms with E-state index in [0.29, 0.717) is 6.54 Å². The molecule has 4 nitrogen and oxygen atoms in total. The number of carbonyl (C=O) groups excluding carboxylic acids is 1. The Morgan fingerprint density at radius 3 is 2.40 bits per heavy atom. The van der Waals surface area contributed by atoms with Gasteiger partial charge in [0.15, 0.2) is 0 Å². The van der Waals surface area contributed by atoms with Gasteiger partial charge in [-0.2, -0.15) is 0 Å². The summed E-state index contributed by atoms with van der Waals surface area (Å²) < 4.78 is 3.17. The second-order valence-electron chi connectivity index (χ2n) is 7.31. The van der Waals surface area contributed by atoms with E-state index in [1.807, 2.05) is 65.6 Å². The van der Waals surface area contributed by atoms with Gasteiger partial charge < -0.3 is 14.8 Å². The Morgan fingerprint density at radius 2 is 1.60 bits per heavy atom. The minimum Gasteiger partial charge on any atom is -0.318 e. The number of para-hydroxylation sites is 1. The van der Waals surface area contributed by atoms with Crippen molar-refractivity contribution in [2.45, 2.75) is 12.6 Å². The number of amides is 2. The van der Waals surface area contributed by atoms with Gasteiger partial charge in [-0.05, 0) is 53.6 Å². The predicted molar refractivity (Wildman–Crippen MR) is 123 cm³/mol. The number of halogens is 1. The lowest BCUT2D eigenvalue weighted by Crippen LogP contribution is -2.37. The lowest BCUT2D eigenvalue weighted by molar-refractivity contribution is 0.194. The fourth-order valence-corrected chi connectivity index (χ4v) is 4.32. The van der Waals surface area contributed by atoms with E-state index < -0.39 is 0 Å². The van der Waals surface area contributed by atoms with Gasteiger partial charge in [-0.15, -0.1) is 0 Å². The van der Waals surface area contributed by atoms with Gasteiger partial charge in [-0.1, -0.05) is 64.5 Å². The highest BCUT2D eigenvalue weighted by atomic mass is 79.9. The maximum atomic E-state index is 13.5. The molecule has 1 unspecified atom stereocenters. The number of fused-ring (bicyclic) bond motifs is 3. The minimum absolute atomic E-state index is 0.129. The van der Waals surface area contributed by atoms with Gasteiger partial charge in [0.1, 0.15) is 0 Å². The second kappa shape index (κ2) is 7.84. The van der Waals surface area contributed by atoms with Gasteiger partial charge in [0.2, 0.25) is 0 Å². The molecule has 148 valence electrons. The molecule has 2 heterocycles. The topological polar surface area (TPSA) is 37.3 Å². The predicted octanol–water partition coefficient (Wildman–Crippen LogP) is 6.38. The summed E-state index contributed by atoms with van der Waals surface area (Å²) in [6, 6.07) is 29.9. The Hall–Kier alpha value is -3.31. The number of aromatic nitrogens is 1. The highest BCUT2D eigenvalue weighted by Gasteiger charge is 2.32. The van der Waals surface area contributed by atoms with E-state index in [1.54, 1.807) is 0 Å². The summed E-state index contributed by atoms with van der Waals surface area (Å²) in [5.41, 5.74) is 5.13. The van der Waals surface area contributed by atoms with Crippen LogP contribution in [0.25, 0.3) is 5.69 Å². The molecule has 1 aromatic heterocycles. The van der Waals surface area contributed by atoms with Crippen LogP contribution in [0.2, 0.25) is 0 Å². The molecule has 1 aliphatic heterocycles. The van der Waals surface area contributed by atoms with E-state index in [2.05, 4.69) is 62.3 Å². The molecule has 5 heteroatoms. The van der Waals surface area contributed by atoms with Crippen molar-refractivity contribution in [1.82, 2.24) is 9.47 Å². The highest BCUT2D eigenvalue weighted by molar-refractivity contribution is 9.10. The van der Waals surface area contributed by atoms with E-state index >= 15 is 0 Å². The molecular weight excluding hydrogens is 438 g/mol. The van der Waals surface area contributed by atoms with Crippen LogP contribution in [0.1, 0.15) is 22.9 Å². The fraction of sp³-hybridized carbons (Fsp3) is 0.0800. The molecule has 0 saturated heterocycles. The summed E-state index contributed by atoms with van der Waals surface area (Å²) in [5, 5.41) is 3.08. The van der Waals surface area contributed by atoms with E-state index in [-0.39, 0.29) is 12.1 Å². The Bertz CT molecular complexity index is 1180. The number of hydrogen-bond acceptors (Lipinski definition) is 1. The van der Waals surface area contributed by atoms with Crippen LogP contribution in [0.15, 0.2) is 102 Å². The SMILES string of the molecule is O=C(Nc1ccc(Br)cc1)N1Cc2ccccc2-n2cccc2C1c1ccccc1. The molecule has 4 aromatic rings. The molecule has 0 fully saturated rings. The van der Waals surface area contributed by atoms with Crippen LogP contribution >= 0.6 is 15.9 Å². The zero-order valence-electron chi connectivity index (χ0n) is 16.2. The molecule has 0 saturated carbocycles. The van der Waals surface area contributed by atoms with Crippen LogP contribution in [-0.2, 0) is 6.54 Å². The van der Waals surface area contributed by atoms with Crippen molar-refractivity contribution in [3.8, 4) is 5.69 Å². The molecule has 0 aliphatic carbocycles. The molecule has 1 aliphatic rings. The third kappa shape index (κ3) is 3.42. The lowest BCUT2D eigenvalue weighted by atomic mass is 10.0. The maximum absolute atomic E-state index is 13.5. The van der Waals surface area contributed by atoms with Crippen molar-refractivity contribution in [3.05, 3.63) is 118 Å². The number of hydrogen-bond donors (Lipinski definition) is 1. The Morgan fingerprint density at radius 1 is 0.867 bits per heavy atom.